The fourth-order valence-corrected chi connectivity index (χ4v) is 4.23. The molecule has 2 aromatic carbocycles. The second-order valence-corrected chi connectivity index (χ2v) is 6.41. The van der Waals surface area contributed by atoms with E-state index in [0.717, 1.165) is 42.5 Å². The van der Waals surface area contributed by atoms with Gasteiger partial charge < -0.3 is 10.6 Å². The van der Waals surface area contributed by atoms with Crippen molar-refractivity contribution >= 4 is 22.7 Å². The van der Waals surface area contributed by atoms with Crippen LogP contribution in [0.15, 0.2) is 42.5 Å². The Morgan fingerprint density at radius 1 is 0.957 bits per heavy atom. The first-order chi connectivity index (χ1) is 11.3. The number of benzene rings is 2. The highest BCUT2D eigenvalue weighted by atomic mass is 15.2. The van der Waals surface area contributed by atoms with E-state index >= 15 is 0 Å². The predicted octanol–water partition coefficient (Wildman–Crippen LogP) is 3.26. The Morgan fingerprint density at radius 2 is 1.78 bits per heavy atom. The van der Waals surface area contributed by atoms with Crippen molar-refractivity contribution in [2.24, 2.45) is 0 Å². The summed E-state index contributed by atoms with van der Waals surface area (Å²) in [5, 5.41) is 1.09. The molecule has 0 radical (unpaired) electrons. The van der Waals surface area contributed by atoms with Gasteiger partial charge in [0.1, 0.15) is 5.82 Å². The summed E-state index contributed by atoms with van der Waals surface area (Å²) in [7, 11) is 0. The molecule has 23 heavy (non-hydrogen) atoms. The number of nitrogen functional groups attached to an aromatic ring is 1. The first kappa shape index (κ1) is 12.9. The first-order valence-corrected chi connectivity index (χ1v) is 8.21. The van der Waals surface area contributed by atoms with E-state index in [1.165, 1.54) is 16.7 Å². The second-order valence-electron chi connectivity index (χ2n) is 6.41. The Hall–Kier alpha value is -2.62. The van der Waals surface area contributed by atoms with Crippen LogP contribution in [0, 0.1) is 0 Å². The minimum Gasteiger partial charge on any atom is -0.368 e. The van der Waals surface area contributed by atoms with E-state index in [-0.39, 0.29) is 0 Å². The van der Waals surface area contributed by atoms with Crippen LogP contribution in [0.5, 0.6) is 0 Å². The summed E-state index contributed by atoms with van der Waals surface area (Å²) in [4.78, 5) is 11.4. The zero-order valence-electron chi connectivity index (χ0n) is 12.9. The van der Waals surface area contributed by atoms with Gasteiger partial charge >= 0.3 is 0 Å². The molecule has 2 aliphatic rings. The zero-order chi connectivity index (χ0) is 15.4. The van der Waals surface area contributed by atoms with E-state index in [2.05, 4.69) is 39.1 Å². The number of nitrogens with two attached hydrogens (primary N) is 1. The molecular formula is C19H18N4. The summed E-state index contributed by atoms with van der Waals surface area (Å²) >= 11 is 0. The molecule has 2 heterocycles. The molecule has 3 aromatic rings. The maximum atomic E-state index is 5.98. The van der Waals surface area contributed by atoms with Crippen LogP contribution in [-0.2, 0) is 12.8 Å². The van der Waals surface area contributed by atoms with Crippen LogP contribution < -0.4 is 10.6 Å². The summed E-state index contributed by atoms with van der Waals surface area (Å²) < 4.78 is 0. The summed E-state index contributed by atoms with van der Waals surface area (Å²) in [6.45, 7) is 0.988. The molecule has 1 unspecified atom stereocenters. The number of rotatable bonds is 1. The molecule has 5 rings (SSSR count). The molecule has 0 spiro atoms. The maximum absolute atomic E-state index is 5.98. The van der Waals surface area contributed by atoms with Crippen molar-refractivity contribution in [1.82, 2.24) is 9.97 Å². The Bertz CT molecular complexity index is 918. The zero-order valence-corrected chi connectivity index (χ0v) is 12.9. The summed E-state index contributed by atoms with van der Waals surface area (Å²) in [5.74, 6) is 1.34. The van der Waals surface area contributed by atoms with Gasteiger partial charge in [-0.25, -0.2) is 4.98 Å². The third-order valence-corrected chi connectivity index (χ3v) is 5.18. The average Bonchev–Trinajstić information content (AvgIpc) is 3.01. The van der Waals surface area contributed by atoms with Crippen LogP contribution in [-0.4, -0.2) is 16.5 Å². The third-order valence-electron chi connectivity index (χ3n) is 5.18. The van der Waals surface area contributed by atoms with Crippen LogP contribution >= 0.6 is 0 Å². The minimum absolute atomic E-state index is 0.357. The molecule has 0 fully saturated rings. The number of hydrogen-bond acceptors (Lipinski definition) is 4. The molecule has 4 heteroatoms. The predicted molar refractivity (Wildman–Crippen MR) is 92.5 cm³/mol. The maximum Gasteiger partial charge on any atom is 0.222 e. The van der Waals surface area contributed by atoms with Crippen molar-refractivity contribution in [3.05, 3.63) is 59.2 Å². The van der Waals surface area contributed by atoms with Crippen LogP contribution in [0.25, 0.3) is 10.9 Å². The molecule has 1 atom stereocenters. The van der Waals surface area contributed by atoms with E-state index < -0.39 is 0 Å². The fourth-order valence-electron chi connectivity index (χ4n) is 4.23. The summed E-state index contributed by atoms with van der Waals surface area (Å²) in [5.41, 5.74) is 11.4. The molecule has 0 amide bonds. The Balaban J connectivity index is 1.70. The molecular weight excluding hydrogens is 284 g/mol. The van der Waals surface area contributed by atoms with Gasteiger partial charge in [0.15, 0.2) is 0 Å². The second kappa shape index (κ2) is 4.69. The van der Waals surface area contributed by atoms with Crippen molar-refractivity contribution in [3.8, 4) is 0 Å². The lowest BCUT2D eigenvalue weighted by Crippen LogP contribution is -2.35. The van der Waals surface area contributed by atoms with Gasteiger partial charge in [-0.05, 0) is 48.1 Å². The van der Waals surface area contributed by atoms with E-state index in [4.69, 9.17) is 5.73 Å². The topological polar surface area (TPSA) is 55.0 Å². The lowest BCUT2D eigenvalue weighted by atomic mass is 9.93. The molecule has 0 saturated heterocycles. The van der Waals surface area contributed by atoms with Crippen molar-refractivity contribution in [1.29, 1.82) is 0 Å². The van der Waals surface area contributed by atoms with Crippen LogP contribution in [0.3, 0.4) is 0 Å². The molecule has 4 nitrogen and oxygen atoms in total. The largest absolute Gasteiger partial charge is 0.368 e. The van der Waals surface area contributed by atoms with Crippen molar-refractivity contribution in [2.75, 3.05) is 17.2 Å². The smallest absolute Gasteiger partial charge is 0.222 e. The molecule has 114 valence electrons. The monoisotopic (exact) mass is 302 g/mol. The van der Waals surface area contributed by atoms with Crippen molar-refractivity contribution in [3.63, 3.8) is 0 Å². The quantitative estimate of drug-likeness (QED) is 0.749. The fraction of sp³-hybridized carbons (Fsp3) is 0.263. The van der Waals surface area contributed by atoms with Gasteiger partial charge in [-0.1, -0.05) is 30.3 Å². The third kappa shape index (κ3) is 1.84. The Morgan fingerprint density at radius 3 is 2.70 bits per heavy atom. The normalized spacial score (nSPS) is 19.1. The highest BCUT2D eigenvalue weighted by molar-refractivity contribution is 5.90. The molecule has 0 saturated carbocycles. The van der Waals surface area contributed by atoms with Crippen molar-refractivity contribution < 1.29 is 0 Å². The first-order valence-electron chi connectivity index (χ1n) is 8.21. The standard InChI is InChI=1S/C19H18N4/c20-19-21-15-7-2-1-6-14(15)18(22-19)23-11-10-13-5-3-4-12-8-9-16(23)17(12)13/h1-7,16H,8-11H2,(H2,20,21,22). The number of nitrogens with zero attached hydrogens (tertiary/aromatic N) is 3. The molecule has 0 bridgehead atoms. The van der Waals surface area contributed by atoms with Gasteiger partial charge in [0.05, 0.1) is 11.6 Å². The van der Waals surface area contributed by atoms with Gasteiger partial charge in [-0.3, -0.25) is 0 Å². The summed E-state index contributed by atoms with van der Waals surface area (Å²) in [6, 6.07) is 15.3. The van der Waals surface area contributed by atoms with Crippen LogP contribution in [0.1, 0.15) is 29.2 Å². The number of fused-ring (bicyclic) bond motifs is 1. The van der Waals surface area contributed by atoms with Gasteiger partial charge in [-0.2, -0.15) is 4.98 Å². The van der Waals surface area contributed by atoms with E-state index in [1.54, 1.807) is 0 Å². The molecule has 1 aliphatic heterocycles. The summed E-state index contributed by atoms with van der Waals surface area (Å²) in [6.07, 6.45) is 3.38. The van der Waals surface area contributed by atoms with Crippen LogP contribution in [0.4, 0.5) is 11.8 Å². The number of hydrogen-bond donors (Lipinski definition) is 1. The van der Waals surface area contributed by atoms with Crippen molar-refractivity contribution in [2.45, 2.75) is 25.3 Å². The minimum atomic E-state index is 0.357. The number of aryl methyl sites for hydroxylation is 1. The number of para-hydroxylation sites is 1. The van der Waals surface area contributed by atoms with Gasteiger partial charge in [0.25, 0.3) is 0 Å². The number of aromatic nitrogens is 2. The van der Waals surface area contributed by atoms with E-state index in [0.29, 0.717) is 12.0 Å². The molecule has 1 aromatic heterocycles. The molecule has 2 N–H and O–H groups in total. The lowest BCUT2D eigenvalue weighted by Gasteiger charge is -2.36. The SMILES string of the molecule is Nc1nc(N2CCc3cccc4c3C2CC4)c2ccccc2n1. The van der Waals surface area contributed by atoms with Crippen LogP contribution in [0.2, 0.25) is 0 Å². The Kier molecular flexibility index (Phi) is 2.62. The van der Waals surface area contributed by atoms with Gasteiger partial charge in [0.2, 0.25) is 5.95 Å². The average molecular weight is 302 g/mol. The van der Waals surface area contributed by atoms with Gasteiger partial charge in [-0.15, -0.1) is 0 Å². The van der Waals surface area contributed by atoms with E-state index in [9.17, 15) is 0 Å². The highest BCUT2D eigenvalue weighted by Crippen LogP contribution is 2.44. The lowest BCUT2D eigenvalue weighted by molar-refractivity contribution is 0.579. The Labute approximate surface area is 135 Å². The van der Waals surface area contributed by atoms with Gasteiger partial charge in [0, 0.05) is 11.9 Å². The number of anilines is 2. The van der Waals surface area contributed by atoms with E-state index in [1.807, 2.05) is 18.2 Å². The highest BCUT2D eigenvalue weighted by Gasteiger charge is 2.34. The molecule has 1 aliphatic carbocycles.